The number of carbonyl (C=O) groups is 3. The van der Waals surface area contributed by atoms with Gasteiger partial charge in [-0.15, -0.1) is 0 Å². The number of nitrogens with two attached hydrogens (primary N) is 1. The van der Waals surface area contributed by atoms with Crippen molar-refractivity contribution in [1.29, 1.82) is 0 Å². The molecule has 0 aliphatic rings. The molecule has 4 atom stereocenters. The predicted octanol–water partition coefficient (Wildman–Crippen LogP) is 0.500. The van der Waals surface area contributed by atoms with Crippen molar-refractivity contribution in [2.24, 2.45) is 5.73 Å². The number of rotatable bonds is 12. The van der Waals surface area contributed by atoms with Gasteiger partial charge in [-0.25, -0.2) is 0 Å². The fourth-order valence-corrected chi connectivity index (χ4v) is 4.02. The van der Waals surface area contributed by atoms with Gasteiger partial charge in [-0.3, -0.25) is 19.2 Å². The summed E-state index contributed by atoms with van der Waals surface area (Å²) in [5, 5.41) is 18.3. The molecule has 0 unspecified atom stereocenters. The van der Waals surface area contributed by atoms with E-state index in [1.54, 1.807) is 18.3 Å². The standard InChI is InChI=1S/C26H30N5O5S/c1-15(27)24(34)31-23(14-37)26(36)30-22(10-16-6-8-19(33)9-7-16)25(35)29-18(13-32)11-17-12-28-21-5-3-2-4-20(17)21/h2-9,12,15,18,22-23,28,33,37H,10-11,14,27H2,1H3,(H,29,35)(H,30,36)(H,31,34)/t15-,18+,22-,23-/m0/s1. The van der Waals surface area contributed by atoms with Crippen LogP contribution in [0.1, 0.15) is 18.1 Å². The average molecular weight is 525 g/mol. The largest absolute Gasteiger partial charge is 0.508 e. The van der Waals surface area contributed by atoms with Crippen LogP contribution in [0.25, 0.3) is 10.9 Å². The second kappa shape index (κ2) is 12.9. The van der Waals surface area contributed by atoms with Crippen molar-refractivity contribution in [3.05, 3.63) is 65.9 Å². The SMILES string of the molecule is C[C@H](N)C(=O)N[C@@H](CS)C(=O)N[C@@H](Cc1ccc(O)cc1)C(=O)N[C@@H]([C]=O)Cc1c[nH]c2ccccc12. The van der Waals surface area contributed by atoms with Gasteiger partial charge in [0.05, 0.1) is 12.1 Å². The number of benzene rings is 2. The number of aromatic hydroxyl groups is 1. The van der Waals surface area contributed by atoms with Crippen LogP contribution in [0.15, 0.2) is 54.7 Å². The van der Waals surface area contributed by atoms with E-state index in [0.717, 1.165) is 16.5 Å². The first-order valence-corrected chi connectivity index (χ1v) is 12.3. The Morgan fingerprint density at radius 2 is 1.62 bits per heavy atom. The van der Waals surface area contributed by atoms with Crippen LogP contribution < -0.4 is 21.7 Å². The zero-order chi connectivity index (χ0) is 26.9. The fourth-order valence-electron chi connectivity index (χ4n) is 3.76. The summed E-state index contributed by atoms with van der Waals surface area (Å²) >= 11 is 4.13. The topological polar surface area (TPSA) is 166 Å². The first kappa shape index (κ1) is 27.8. The molecule has 2 aromatic carbocycles. The van der Waals surface area contributed by atoms with Crippen LogP contribution in [0.3, 0.4) is 0 Å². The molecule has 3 rings (SSSR count). The number of fused-ring (bicyclic) bond motifs is 1. The second-order valence-corrected chi connectivity index (χ2v) is 9.07. The van der Waals surface area contributed by atoms with Crippen molar-refractivity contribution < 1.29 is 24.3 Å². The molecule has 1 aromatic heterocycles. The minimum atomic E-state index is -1.09. The third kappa shape index (κ3) is 7.58. The number of aromatic nitrogens is 1. The van der Waals surface area contributed by atoms with Gasteiger partial charge in [-0.1, -0.05) is 30.3 Å². The first-order valence-electron chi connectivity index (χ1n) is 11.7. The highest BCUT2D eigenvalue weighted by molar-refractivity contribution is 7.80. The second-order valence-electron chi connectivity index (χ2n) is 8.71. The third-order valence-electron chi connectivity index (χ3n) is 5.80. The molecule has 1 heterocycles. The Kier molecular flexibility index (Phi) is 9.70. The van der Waals surface area contributed by atoms with Gasteiger partial charge >= 0.3 is 0 Å². The highest BCUT2D eigenvalue weighted by Crippen LogP contribution is 2.19. The van der Waals surface area contributed by atoms with E-state index in [4.69, 9.17) is 5.73 Å². The summed E-state index contributed by atoms with van der Waals surface area (Å²) in [5.74, 6) is -1.75. The molecule has 0 bridgehead atoms. The van der Waals surface area contributed by atoms with E-state index in [1.807, 2.05) is 30.6 Å². The molecule has 10 nitrogen and oxygen atoms in total. The normalized spacial score (nSPS) is 14.2. The van der Waals surface area contributed by atoms with E-state index in [-0.39, 0.29) is 24.3 Å². The number of thiol groups is 1. The number of hydrogen-bond acceptors (Lipinski definition) is 7. The number of aromatic amines is 1. The average Bonchev–Trinajstić information content (AvgIpc) is 3.29. The molecule has 0 fully saturated rings. The quantitative estimate of drug-likeness (QED) is 0.170. The van der Waals surface area contributed by atoms with Crippen LogP contribution in [0.2, 0.25) is 0 Å². The van der Waals surface area contributed by atoms with Crippen LogP contribution in [0.4, 0.5) is 0 Å². The number of phenols is 1. The molecule has 37 heavy (non-hydrogen) atoms. The summed E-state index contributed by atoms with van der Waals surface area (Å²) in [6.07, 6.45) is 3.90. The Bertz CT molecular complexity index is 1240. The Balaban J connectivity index is 1.76. The maximum atomic E-state index is 13.3. The van der Waals surface area contributed by atoms with Crippen molar-refractivity contribution in [2.45, 2.75) is 43.9 Å². The number of nitrogens with one attached hydrogen (secondary N) is 4. The monoisotopic (exact) mass is 524 g/mol. The minimum Gasteiger partial charge on any atom is -0.508 e. The molecule has 11 heteroatoms. The maximum absolute atomic E-state index is 13.3. The van der Waals surface area contributed by atoms with Gasteiger partial charge in [0.15, 0.2) is 0 Å². The molecule has 0 saturated heterocycles. The highest BCUT2D eigenvalue weighted by Gasteiger charge is 2.28. The molecule has 0 spiro atoms. The Labute approximate surface area is 219 Å². The smallest absolute Gasteiger partial charge is 0.244 e. The summed E-state index contributed by atoms with van der Waals surface area (Å²) in [7, 11) is 0. The molecule has 0 saturated carbocycles. The lowest BCUT2D eigenvalue weighted by molar-refractivity contribution is -0.132. The lowest BCUT2D eigenvalue weighted by Gasteiger charge is -2.24. The Morgan fingerprint density at radius 3 is 2.27 bits per heavy atom. The number of H-pyrrole nitrogens is 1. The van der Waals surface area contributed by atoms with Crippen LogP contribution in [0.5, 0.6) is 5.75 Å². The summed E-state index contributed by atoms with van der Waals surface area (Å²) in [6, 6.07) is 9.81. The van der Waals surface area contributed by atoms with E-state index in [0.29, 0.717) is 5.56 Å². The van der Waals surface area contributed by atoms with Gasteiger partial charge < -0.3 is 31.8 Å². The van der Waals surface area contributed by atoms with Gasteiger partial charge in [0.25, 0.3) is 0 Å². The molecular formula is C26H30N5O5S. The molecule has 3 amide bonds. The molecule has 195 valence electrons. The van der Waals surface area contributed by atoms with Gasteiger partial charge in [-0.2, -0.15) is 12.6 Å². The summed E-state index contributed by atoms with van der Waals surface area (Å²) in [5.41, 5.74) is 7.96. The number of para-hydroxylation sites is 1. The van der Waals surface area contributed by atoms with E-state index < -0.39 is 41.9 Å². The molecule has 1 radical (unpaired) electrons. The fraction of sp³-hybridized carbons (Fsp3) is 0.308. The number of carbonyl (C=O) groups excluding carboxylic acids is 4. The van der Waals surface area contributed by atoms with Crippen LogP contribution in [0, 0.1) is 0 Å². The predicted molar refractivity (Wildman–Crippen MR) is 143 cm³/mol. The Hall–Kier alpha value is -3.83. The maximum Gasteiger partial charge on any atom is 0.244 e. The van der Waals surface area contributed by atoms with E-state index in [1.165, 1.54) is 19.1 Å². The zero-order valence-corrected chi connectivity index (χ0v) is 21.1. The molecule has 7 N–H and O–H groups in total. The van der Waals surface area contributed by atoms with Crippen LogP contribution in [-0.2, 0) is 32.0 Å². The van der Waals surface area contributed by atoms with Gasteiger partial charge in [0.2, 0.25) is 24.0 Å². The van der Waals surface area contributed by atoms with Crippen LogP contribution >= 0.6 is 12.6 Å². The van der Waals surface area contributed by atoms with Crippen molar-refractivity contribution in [3.63, 3.8) is 0 Å². The summed E-state index contributed by atoms with van der Waals surface area (Å²) in [6.45, 7) is 1.48. The molecule has 0 aliphatic heterocycles. The molecule has 0 aliphatic carbocycles. The van der Waals surface area contributed by atoms with E-state index >= 15 is 0 Å². The molecule has 3 aromatic rings. The summed E-state index contributed by atoms with van der Waals surface area (Å²) in [4.78, 5) is 53.1. The van der Waals surface area contributed by atoms with E-state index in [9.17, 15) is 24.3 Å². The number of phenolic OH excluding ortho intramolecular Hbond substituents is 1. The number of amides is 3. The lowest BCUT2D eigenvalue weighted by atomic mass is 10.0. The van der Waals surface area contributed by atoms with Crippen molar-refractivity contribution in [3.8, 4) is 5.75 Å². The van der Waals surface area contributed by atoms with Gasteiger partial charge in [0.1, 0.15) is 17.8 Å². The molecular weight excluding hydrogens is 494 g/mol. The van der Waals surface area contributed by atoms with Crippen molar-refractivity contribution >= 4 is 47.5 Å². The lowest BCUT2D eigenvalue weighted by Crippen LogP contribution is -2.57. The number of hydrogen-bond donors (Lipinski definition) is 7. The zero-order valence-electron chi connectivity index (χ0n) is 20.2. The van der Waals surface area contributed by atoms with E-state index in [2.05, 4.69) is 33.6 Å². The van der Waals surface area contributed by atoms with Crippen LogP contribution in [-0.4, -0.2) is 64.0 Å². The van der Waals surface area contributed by atoms with Crippen molar-refractivity contribution in [2.75, 3.05) is 5.75 Å². The van der Waals surface area contributed by atoms with Crippen molar-refractivity contribution in [1.82, 2.24) is 20.9 Å². The summed E-state index contributed by atoms with van der Waals surface area (Å²) < 4.78 is 0. The highest BCUT2D eigenvalue weighted by atomic mass is 32.1. The Morgan fingerprint density at radius 1 is 0.973 bits per heavy atom. The third-order valence-corrected chi connectivity index (χ3v) is 6.16. The van der Waals surface area contributed by atoms with Gasteiger partial charge in [0, 0.05) is 35.7 Å². The minimum absolute atomic E-state index is 0.0247. The van der Waals surface area contributed by atoms with Gasteiger partial charge in [-0.05, 0) is 36.2 Å². The first-order chi connectivity index (χ1) is 17.7.